The van der Waals surface area contributed by atoms with E-state index in [1.54, 1.807) is 25.1 Å². The number of nitrogens with zero attached hydrogens (tertiary/aromatic N) is 3. The third-order valence-electron chi connectivity index (χ3n) is 5.15. The van der Waals surface area contributed by atoms with Gasteiger partial charge >= 0.3 is 12.4 Å². The minimum absolute atomic E-state index is 0.0647. The summed E-state index contributed by atoms with van der Waals surface area (Å²) in [6.07, 6.45) is -9.24. The molecule has 3 aromatic rings. The lowest BCUT2D eigenvalue weighted by Gasteiger charge is -2.35. The molecule has 0 unspecified atom stereocenters. The van der Waals surface area contributed by atoms with Crippen molar-refractivity contribution in [3.63, 3.8) is 0 Å². The zero-order valence-corrected chi connectivity index (χ0v) is 16.3. The Hall–Kier alpha value is -2.49. The number of hydrogen-bond donors (Lipinski definition) is 1. The first-order valence-corrected chi connectivity index (χ1v) is 9.47. The van der Waals surface area contributed by atoms with E-state index >= 15 is 0 Å². The molecule has 4 nitrogen and oxygen atoms in total. The van der Waals surface area contributed by atoms with Crippen LogP contribution in [-0.2, 0) is 18.8 Å². The molecule has 0 saturated carbocycles. The number of nitrogens with one attached hydrogen (secondary N) is 1. The number of H-pyrrole nitrogens is 1. The quantitative estimate of drug-likeness (QED) is 0.477. The van der Waals surface area contributed by atoms with Gasteiger partial charge in [-0.25, -0.2) is 9.97 Å². The molecule has 160 valence electrons. The smallest absolute Gasteiger partial charge is 0.356 e. The van der Waals surface area contributed by atoms with Crippen molar-refractivity contribution in [2.75, 3.05) is 11.4 Å². The van der Waals surface area contributed by atoms with Gasteiger partial charge in [0.1, 0.15) is 0 Å². The zero-order chi connectivity index (χ0) is 21.8. The fourth-order valence-electron chi connectivity index (χ4n) is 3.86. The van der Waals surface area contributed by atoms with Crippen LogP contribution >= 0.6 is 11.6 Å². The summed E-state index contributed by atoms with van der Waals surface area (Å²) >= 11 is 6.08. The lowest BCUT2D eigenvalue weighted by molar-refractivity contribution is -0.147. The second-order valence-electron chi connectivity index (χ2n) is 7.01. The molecule has 0 aliphatic carbocycles. The van der Waals surface area contributed by atoms with E-state index in [1.807, 2.05) is 0 Å². The number of aromatic amines is 1. The van der Waals surface area contributed by atoms with Crippen LogP contribution in [0.3, 0.4) is 0 Å². The molecular formula is C19H15ClF6N4. The average Bonchev–Trinajstić information content (AvgIpc) is 3.03. The van der Waals surface area contributed by atoms with Crippen LogP contribution in [0, 0.1) is 0 Å². The minimum atomic E-state index is -5.03. The molecule has 4 rings (SSSR count). The SMILES string of the molecule is CC[C@H]1c2[nH]c3ccc(Cl)cc3c2CCN1c1nc(C(F)(F)F)cc(C(F)(F)F)n1. The van der Waals surface area contributed by atoms with Gasteiger partial charge in [-0.15, -0.1) is 0 Å². The first kappa shape index (κ1) is 20.8. The van der Waals surface area contributed by atoms with Crippen molar-refractivity contribution in [3.8, 4) is 0 Å². The summed E-state index contributed by atoms with van der Waals surface area (Å²) < 4.78 is 79.2. The van der Waals surface area contributed by atoms with Gasteiger partial charge in [0, 0.05) is 28.2 Å². The van der Waals surface area contributed by atoms with Gasteiger partial charge in [-0.1, -0.05) is 18.5 Å². The van der Waals surface area contributed by atoms with Crippen LogP contribution in [0.4, 0.5) is 32.3 Å². The molecule has 3 heterocycles. The number of anilines is 1. The monoisotopic (exact) mass is 448 g/mol. The molecule has 0 amide bonds. The Balaban J connectivity index is 1.84. The number of rotatable bonds is 2. The summed E-state index contributed by atoms with van der Waals surface area (Å²) in [5, 5.41) is 1.42. The highest BCUT2D eigenvalue weighted by Gasteiger charge is 2.41. The largest absolute Gasteiger partial charge is 0.433 e. The zero-order valence-electron chi connectivity index (χ0n) is 15.5. The van der Waals surface area contributed by atoms with Gasteiger partial charge in [-0.2, -0.15) is 26.3 Å². The fourth-order valence-corrected chi connectivity index (χ4v) is 4.03. The number of fused-ring (bicyclic) bond motifs is 3. The predicted molar refractivity (Wildman–Crippen MR) is 99.4 cm³/mol. The van der Waals surface area contributed by atoms with Crippen LogP contribution in [0.1, 0.15) is 42.0 Å². The maximum Gasteiger partial charge on any atom is 0.433 e. The Morgan fingerprint density at radius 2 is 1.70 bits per heavy atom. The molecule has 1 N–H and O–H groups in total. The van der Waals surface area contributed by atoms with Gasteiger partial charge < -0.3 is 9.88 Å². The molecule has 11 heteroatoms. The van der Waals surface area contributed by atoms with Crippen LogP contribution in [-0.4, -0.2) is 21.5 Å². The lowest BCUT2D eigenvalue weighted by atomic mass is 9.96. The van der Waals surface area contributed by atoms with E-state index < -0.39 is 35.7 Å². The van der Waals surface area contributed by atoms with Gasteiger partial charge in [-0.3, -0.25) is 0 Å². The molecule has 0 fully saturated rings. The summed E-state index contributed by atoms with van der Waals surface area (Å²) in [7, 11) is 0. The summed E-state index contributed by atoms with van der Waals surface area (Å²) in [5.41, 5.74) is -0.785. The van der Waals surface area contributed by atoms with E-state index in [0.717, 1.165) is 22.2 Å². The first-order valence-electron chi connectivity index (χ1n) is 9.09. The van der Waals surface area contributed by atoms with Gasteiger partial charge in [0.15, 0.2) is 11.4 Å². The Kier molecular flexibility index (Phi) is 4.87. The fraction of sp³-hybridized carbons (Fsp3) is 0.368. The van der Waals surface area contributed by atoms with Gasteiger partial charge in [0.2, 0.25) is 5.95 Å². The Labute approximate surface area is 171 Å². The van der Waals surface area contributed by atoms with Crippen LogP contribution in [0.25, 0.3) is 10.9 Å². The number of hydrogen-bond acceptors (Lipinski definition) is 3. The number of alkyl halides is 6. The second-order valence-corrected chi connectivity index (χ2v) is 7.44. The molecule has 30 heavy (non-hydrogen) atoms. The molecule has 0 saturated heterocycles. The number of benzene rings is 1. The molecular weight excluding hydrogens is 434 g/mol. The van der Waals surface area contributed by atoms with E-state index in [0.29, 0.717) is 17.9 Å². The van der Waals surface area contributed by atoms with Crippen molar-refractivity contribution >= 4 is 28.5 Å². The van der Waals surface area contributed by atoms with Gasteiger partial charge in [-0.05, 0) is 42.7 Å². The van der Waals surface area contributed by atoms with Crippen LogP contribution in [0.2, 0.25) is 5.02 Å². The maximum absolute atomic E-state index is 13.2. The van der Waals surface area contributed by atoms with Crippen LogP contribution in [0.5, 0.6) is 0 Å². The standard InChI is InChI=1S/C19H15ClF6N4/c1-2-13-16-10(11-7-9(20)3-4-12(11)27-16)5-6-30(13)17-28-14(18(21,22)23)8-15(29-17)19(24,25)26/h3-4,7-8,13,27H,2,5-6H2,1H3/t13-/m0/s1. The van der Waals surface area contributed by atoms with Gasteiger partial charge in [0.25, 0.3) is 0 Å². The molecule has 0 bridgehead atoms. The third-order valence-corrected chi connectivity index (χ3v) is 5.39. The van der Waals surface area contributed by atoms with E-state index in [4.69, 9.17) is 11.6 Å². The lowest BCUT2D eigenvalue weighted by Crippen LogP contribution is -2.37. The predicted octanol–water partition coefficient (Wildman–Crippen LogP) is 6.16. The van der Waals surface area contributed by atoms with E-state index in [-0.39, 0.29) is 12.6 Å². The van der Waals surface area contributed by atoms with Crippen LogP contribution < -0.4 is 4.90 Å². The van der Waals surface area contributed by atoms with E-state index in [1.165, 1.54) is 4.90 Å². The summed E-state index contributed by atoms with van der Waals surface area (Å²) in [4.78, 5) is 11.5. The molecule has 0 radical (unpaired) electrons. The Bertz CT molecular complexity index is 1070. The molecule has 1 aliphatic rings. The minimum Gasteiger partial charge on any atom is -0.356 e. The van der Waals surface area contributed by atoms with Crippen molar-refractivity contribution in [1.29, 1.82) is 0 Å². The molecule has 1 aliphatic heterocycles. The Morgan fingerprint density at radius 1 is 1.07 bits per heavy atom. The average molecular weight is 449 g/mol. The van der Waals surface area contributed by atoms with E-state index in [2.05, 4.69) is 15.0 Å². The molecule has 1 atom stereocenters. The molecule has 1 aromatic carbocycles. The first-order chi connectivity index (χ1) is 14.0. The van der Waals surface area contributed by atoms with Gasteiger partial charge in [0.05, 0.1) is 6.04 Å². The topological polar surface area (TPSA) is 44.8 Å². The van der Waals surface area contributed by atoms with Crippen molar-refractivity contribution in [1.82, 2.24) is 15.0 Å². The summed E-state index contributed by atoms with van der Waals surface area (Å²) in [6, 6.07) is 4.71. The van der Waals surface area contributed by atoms with Crippen molar-refractivity contribution in [2.24, 2.45) is 0 Å². The van der Waals surface area contributed by atoms with Crippen molar-refractivity contribution < 1.29 is 26.3 Å². The normalized spacial score (nSPS) is 17.5. The number of aromatic nitrogens is 3. The second kappa shape index (κ2) is 7.04. The van der Waals surface area contributed by atoms with Crippen LogP contribution in [0.15, 0.2) is 24.3 Å². The van der Waals surface area contributed by atoms with E-state index in [9.17, 15) is 26.3 Å². The molecule has 2 aromatic heterocycles. The Morgan fingerprint density at radius 3 is 2.27 bits per heavy atom. The summed E-state index contributed by atoms with van der Waals surface area (Å²) in [6.45, 7) is 1.97. The van der Waals surface area contributed by atoms with Crippen molar-refractivity contribution in [2.45, 2.75) is 38.2 Å². The highest BCUT2D eigenvalue weighted by molar-refractivity contribution is 6.31. The third kappa shape index (κ3) is 3.57. The molecule has 0 spiro atoms. The van der Waals surface area contributed by atoms with Crippen molar-refractivity contribution in [3.05, 3.63) is 51.9 Å². The highest BCUT2D eigenvalue weighted by Crippen LogP contribution is 2.40. The highest BCUT2D eigenvalue weighted by atomic mass is 35.5. The summed E-state index contributed by atoms with van der Waals surface area (Å²) in [5.74, 6) is -0.591. The maximum atomic E-state index is 13.2. The number of halogens is 7.